The molecule has 8 heteroatoms. The molecule has 0 fully saturated rings. The fraction of sp³-hybridized carbons (Fsp3) is 0.261. The summed E-state index contributed by atoms with van der Waals surface area (Å²) in [5, 5.41) is 3.82. The van der Waals surface area contributed by atoms with Crippen molar-refractivity contribution in [2.45, 2.75) is 26.2 Å². The van der Waals surface area contributed by atoms with Crippen LogP contribution in [0.1, 0.15) is 36.5 Å². The molecule has 7 nitrogen and oxygen atoms in total. The van der Waals surface area contributed by atoms with Crippen LogP contribution in [0, 0.1) is 0 Å². The van der Waals surface area contributed by atoms with E-state index in [9.17, 15) is 14.4 Å². The highest BCUT2D eigenvalue weighted by atomic mass is 35.5. The molecule has 1 amide bonds. The Labute approximate surface area is 183 Å². The van der Waals surface area contributed by atoms with Gasteiger partial charge in [0.2, 0.25) is 0 Å². The van der Waals surface area contributed by atoms with E-state index in [1.54, 1.807) is 36.4 Å². The van der Waals surface area contributed by atoms with Gasteiger partial charge in [-0.2, -0.15) is 0 Å². The first-order valence-corrected chi connectivity index (χ1v) is 10.3. The molecular formula is C23H22ClNO6. The molecule has 0 bridgehead atoms. The molecule has 3 aromatic rings. The molecule has 31 heavy (non-hydrogen) atoms. The number of nitrogens with one attached hydrogen (secondary N) is 1. The number of rotatable bonds is 9. The second-order valence-corrected chi connectivity index (χ2v) is 7.22. The Morgan fingerprint density at radius 3 is 2.55 bits per heavy atom. The van der Waals surface area contributed by atoms with Crippen LogP contribution in [0.5, 0.6) is 11.5 Å². The predicted molar refractivity (Wildman–Crippen MR) is 117 cm³/mol. The van der Waals surface area contributed by atoms with Gasteiger partial charge < -0.3 is 19.2 Å². The first-order valence-electron chi connectivity index (χ1n) is 9.91. The molecule has 0 radical (unpaired) electrons. The summed E-state index contributed by atoms with van der Waals surface area (Å²) in [5.74, 6) is 0.0123. The summed E-state index contributed by atoms with van der Waals surface area (Å²) in [4.78, 5) is 36.3. The minimum Gasteiger partial charge on any atom is -0.494 e. The number of hydrogen-bond acceptors (Lipinski definition) is 6. The van der Waals surface area contributed by atoms with Crippen LogP contribution >= 0.6 is 11.6 Å². The Kier molecular flexibility index (Phi) is 7.67. The van der Waals surface area contributed by atoms with Crippen molar-refractivity contribution in [3.8, 4) is 11.5 Å². The van der Waals surface area contributed by atoms with E-state index in [1.165, 1.54) is 12.1 Å². The Morgan fingerprint density at radius 2 is 1.81 bits per heavy atom. The Balaban J connectivity index is 1.56. The van der Waals surface area contributed by atoms with E-state index in [0.717, 1.165) is 6.42 Å². The van der Waals surface area contributed by atoms with E-state index in [2.05, 4.69) is 5.32 Å². The van der Waals surface area contributed by atoms with E-state index in [0.29, 0.717) is 35.7 Å². The van der Waals surface area contributed by atoms with Gasteiger partial charge in [0.05, 0.1) is 6.61 Å². The number of fused-ring (bicyclic) bond motifs is 1. The fourth-order valence-corrected chi connectivity index (χ4v) is 2.89. The SMILES string of the molecule is CCCNC(=O)c1cc2ccc(OC(=O)CCCOc3ccc(Cl)cc3)cc2oc1=O. The minimum absolute atomic E-state index is 0.0635. The highest BCUT2D eigenvalue weighted by Crippen LogP contribution is 2.21. The number of hydrogen-bond donors (Lipinski definition) is 1. The van der Waals surface area contributed by atoms with Crippen LogP contribution < -0.4 is 20.4 Å². The Bertz CT molecular complexity index is 1120. The normalized spacial score (nSPS) is 10.6. The molecular weight excluding hydrogens is 422 g/mol. The van der Waals surface area contributed by atoms with Crippen LogP contribution in [0.3, 0.4) is 0 Å². The van der Waals surface area contributed by atoms with E-state index in [1.807, 2.05) is 6.92 Å². The quantitative estimate of drug-likeness (QED) is 0.228. The molecule has 0 unspecified atom stereocenters. The number of benzene rings is 2. The monoisotopic (exact) mass is 443 g/mol. The minimum atomic E-state index is -0.746. The second kappa shape index (κ2) is 10.6. The van der Waals surface area contributed by atoms with Gasteiger partial charge in [-0.1, -0.05) is 18.5 Å². The van der Waals surface area contributed by atoms with Gasteiger partial charge in [0.15, 0.2) is 0 Å². The predicted octanol–water partition coefficient (Wildman–Crippen LogP) is 4.35. The molecule has 0 aliphatic rings. The molecule has 2 aromatic carbocycles. The summed E-state index contributed by atoms with van der Waals surface area (Å²) < 4.78 is 16.1. The van der Waals surface area contributed by atoms with E-state index < -0.39 is 17.5 Å². The van der Waals surface area contributed by atoms with Gasteiger partial charge in [-0.25, -0.2) is 4.79 Å². The maximum absolute atomic E-state index is 12.1. The zero-order valence-electron chi connectivity index (χ0n) is 17.0. The van der Waals surface area contributed by atoms with Crippen molar-refractivity contribution in [2.75, 3.05) is 13.2 Å². The zero-order valence-corrected chi connectivity index (χ0v) is 17.7. The highest BCUT2D eigenvalue weighted by molar-refractivity contribution is 6.30. The first kappa shape index (κ1) is 22.4. The third kappa shape index (κ3) is 6.33. The van der Waals surface area contributed by atoms with Gasteiger partial charge in [0, 0.05) is 29.4 Å². The van der Waals surface area contributed by atoms with Gasteiger partial charge in [-0.3, -0.25) is 9.59 Å². The summed E-state index contributed by atoms with van der Waals surface area (Å²) in [6.45, 7) is 2.74. The molecule has 1 heterocycles. The largest absolute Gasteiger partial charge is 0.494 e. The maximum atomic E-state index is 12.1. The third-order valence-corrected chi connectivity index (χ3v) is 4.58. The molecule has 0 saturated heterocycles. The zero-order chi connectivity index (χ0) is 22.2. The number of amides is 1. The second-order valence-electron chi connectivity index (χ2n) is 6.78. The van der Waals surface area contributed by atoms with Crippen LogP contribution in [-0.4, -0.2) is 25.0 Å². The molecule has 162 valence electrons. The summed E-state index contributed by atoms with van der Waals surface area (Å²) >= 11 is 5.82. The van der Waals surface area contributed by atoms with E-state index in [4.69, 9.17) is 25.5 Å². The molecule has 0 spiro atoms. The van der Waals surface area contributed by atoms with Crippen LogP contribution in [0.25, 0.3) is 11.0 Å². The van der Waals surface area contributed by atoms with Crippen LogP contribution in [0.2, 0.25) is 5.02 Å². The summed E-state index contributed by atoms with van der Waals surface area (Å²) in [6.07, 6.45) is 1.39. The van der Waals surface area contributed by atoms with Crippen LogP contribution in [0.15, 0.2) is 57.7 Å². The molecule has 0 atom stereocenters. The summed E-state index contributed by atoms with van der Waals surface area (Å²) in [5.41, 5.74) is -0.580. The number of carbonyl (C=O) groups is 2. The highest BCUT2D eigenvalue weighted by Gasteiger charge is 2.14. The number of esters is 1. The molecule has 3 rings (SSSR count). The average molecular weight is 444 g/mol. The molecule has 0 aliphatic carbocycles. The number of carbonyl (C=O) groups excluding carboxylic acids is 2. The van der Waals surface area contributed by atoms with Gasteiger partial charge in [-0.15, -0.1) is 0 Å². The first-order chi connectivity index (χ1) is 15.0. The maximum Gasteiger partial charge on any atom is 0.349 e. The fourth-order valence-electron chi connectivity index (χ4n) is 2.77. The third-order valence-electron chi connectivity index (χ3n) is 4.33. The smallest absolute Gasteiger partial charge is 0.349 e. The number of ether oxygens (including phenoxy) is 2. The van der Waals surface area contributed by atoms with Gasteiger partial charge in [0.1, 0.15) is 22.6 Å². The lowest BCUT2D eigenvalue weighted by Gasteiger charge is -2.08. The summed E-state index contributed by atoms with van der Waals surface area (Å²) in [7, 11) is 0. The van der Waals surface area contributed by atoms with E-state index in [-0.39, 0.29) is 23.3 Å². The van der Waals surface area contributed by atoms with Crippen molar-refractivity contribution in [1.82, 2.24) is 5.32 Å². The average Bonchev–Trinajstić information content (AvgIpc) is 2.75. The lowest BCUT2D eigenvalue weighted by atomic mass is 10.1. The van der Waals surface area contributed by atoms with Gasteiger partial charge in [0.25, 0.3) is 5.91 Å². The van der Waals surface area contributed by atoms with Crippen LogP contribution in [0.4, 0.5) is 0 Å². The molecule has 0 saturated carbocycles. The summed E-state index contributed by atoms with van der Waals surface area (Å²) in [6, 6.07) is 13.1. The molecule has 1 aromatic heterocycles. The van der Waals surface area contributed by atoms with Crippen molar-refractivity contribution in [1.29, 1.82) is 0 Å². The molecule has 1 N–H and O–H groups in total. The van der Waals surface area contributed by atoms with Crippen molar-refractivity contribution >= 4 is 34.4 Å². The number of halogens is 1. The van der Waals surface area contributed by atoms with Crippen molar-refractivity contribution in [2.24, 2.45) is 0 Å². The van der Waals surface area contributed by atoms with Crippen molar-refractivity contribution < 1.29 is 23.5 Å². The lowest BCUT2D eigenvalue weighted by Crippen LogP contribution is -2.28. The standard InChI is InChI=1S/C23H22ClNO6/c1-2-11-25-22(27)19-13-15-5-8-18(14-20(15)31-23(19)28)30-21(26)4-3-12-29-17-9-6-16(24)7-10-17/h5-10,13-14H,2-4,11-12H2,1H3,(H,25,27). The Hall–Kier alpha value is -3.32. The lowest BCUT2D eigenvalue weighted by molar-refractivity contribution is -0.134. The van der Waals surface area contributed by atoms with Crippen molar-refractivity contribution in [3.05, 3.63) is 69.5 Å². The molecule has 0 aliphatic heterocycles. The topological polar surface area (TPSA) is 94.8 Å². The van der Waals surface area contributed by atoms with Gasteiger partial charge >= 0.3 is 11.6 Å². The van der Waals surface area contributed by atoms with Gasteiger partial charge in [-0.05, 0) is 55.3 Å². The van der Waals surface area contributed by atoms with Crippen molar-refractivity contribution in [3.63, 3.8) is 0 Å². The van der Waals surface area contributed by atoms with E-state index >= 15 is 0 Å². The Morgan fingerprint density at radius 1 is 1.06 bits per heavy atom. The van der Waals surface area contributed by atoms with Crippen LogP contribution in [-0.2, 0) is 4.79 Å².